The van der Waals surface area contributed by atoms with Crippen LogP contribution in [-0.2, 0) is 11.3 Å². The third-order valence-corrected chi connectivity index (χ3v) is 5.97. The first kappa shape index (κ1) is 23.4. The summed E-state index contributed by atoms with van der Waals surface area (Å²) in [4.78, 5) is 2.22. The average Bonchev–Trinajstić information content (AvgIpc) is 3.44. The molecule has 0 unspecified atom stereocenters. The van der Waals surface area contributed by atoms with Crippen LogP contribution >= 0.6 is 0 Å². The predicted molar refractivity (Wildman–Crippen MR) is 125 cm³/mol. The molecule has 33 heavy (non-hydrogen) atoms. The number of halogens is 1. The lowest BCUT2D eigenvalue weighted by Crippen LogP contribution is -2.37. The maximum Gasteiger partial charge on any atom is 0.227 e. The van der Waals surface area contributed by atoms with Crippen LogP contribution in [0.2, 0.25) is 0 Å². The van der Waals surface area contributed by atoms with Gasteiger partial charge in [0.05, 0.1) is 29.2 Å². The number of ether oxygens (including phenoxy) is 2. The number of benzene rings is 2. The minimum absolute atomic E-state index is 0.167. The van der Waals surface area contributed by atoms with E-state index >= 15 is 0 Å². The normalized spacial score (nSPS) is 16.9. The van der Waals surface area contributed by atoms with Crippen LogP contribution in [-0.4, -0.2) is 51.7 Å². The van der Waals surface area contributed by atoms with Gasteiger partial charge in [-0.1, -0.05) is 25.1 Å². The van der Waals surface area contributed by atoms with E-state index in [9.17, 15) is 9.50 Å². The van der Waals surface area contributed by atoms with Gasteiger partial charge in [0, 0.05) is 26.2 Å². The topological polar surface area (TPSA) is 59.8 Å². The largest absolute Gasteiger partial charge is 0.439 e. The molecule has 2 heterocycles. The second kappa shape index (κ2) is 10.9. The number of para-hydroxylation sites is 1. The quantitative estimate of drug-likeness (QED) is 0.475. The molecular weight excluding hydrogens is 421 g/mol. The molecule has 176 valence electrons. The van der Waals surface area contributed by atoms with Gasteiger partial charge in [0.1, 0.15) is 11.6 Å². The van der Waals surface area contributed by atoms with Gasteiger partial charge in [-0.2, -0.15) is 5.10 Å². The molecule has 2 aromatic carbocycles. The second-order valence-electron chi connectivity index (χ2n) is 8.56. The van der Waals surface area contributed by atoms with Gasteiger partial charge in [0.15, 0.2) is 0 Å². The molecule has 0 radical (unpaired) electrons. The molecule has 0 bridgehead atoms. The number of aromatic nitrogens is 2. The Bertz CT molecular complexity index is 1020. The molecule has 1 aromatic heterocycles. The number of aliphatic hydroxyl groups is 1. The Balaban J connectivity index is 1.68. The van der Waals surface area contributed by atoms with Crippen LogP contribution in [0.25, 0.3) is 5.69 Å². The summed E-state index contributed by atoms with van der Waals surface area (Å²) in [7, 11) is 0. The number of rotatable bonds is 10. The molecule has 0 aliphatic carbocycles. The summed E-state index contributed by atoms with van der Waals surface area (Å²) in [6, 6.07) is 15.8. The maximum absolute atomic E-state index is 13.5. The molecule has 1 saturated heterocycles. The lowest BCUT2D eigenvalue weighted by molar-refractivity contribution is 0.0451. The van der Waals surface area contributed by atoms with E-state index in [1.54, 1.807) is 16.8 Å². The van der Waals surface area contributed by atoms with Gasteiger partial charge >= 0.3 is 0 Å². The fraction of sp³-hybridized carbons (Fsp3) is 0.423. The van der Waals surface area contributed by atoms with Gasteiger partial charge in [-0.05, 0) is 62.6 Å². The van der Waals surface area contributed by atoms with Crippen LogP contribution in [0.3, 0.4) is 0 Å². The van der Waals surface area contributed by atoms with Crippen molar-refractivity contribution in [2.24, 2.45) is 0 Å². The minimum atomic E-state index is -0.419. The van der Waals surface area contributed by atoms with Crippen LogP contribution in [0.15, 0.2) is 54.6 Å². The molecule has 2 atom stereocenters. The standard InChI is InChI=1S/C26H32FN3O3/c1-3-22(31)16-29(17-24-10-7-15-32-24)18-25-19(2)28-30(21-8-5-4-6-9-21)26(25)33-23-13-11-20(27)12-14-23/h4-6,8-9,11-14,22,24,31H,3,7,10,15-18H2,1-2H3/t22-,24+/m0/s1. The fourth-order valence-electron chi connectivity index (χ4n) is 4.11. The third-order valence-electron chi connectivity index (χ3n) is 5.97. The lowest BCUT2D eigenvalue weighted by atomic mass is 10.1. The van der Waals surface area contributed by atoms with E-state index in [1.807, 2.05) is 44.2 Å². The third kappa shape index (κ3) is 5.99. The Labute approximate surface area is 194 Å². The highest BCUT2D eigenvalue weighted by Gasteiger charge is 2.25. The van der Waals surface area contributed by atoms with Crippen molar-refractivity contribution in [2.45, 2.75) is 51.9 Å². The van der Waals surface area contributed by atoms with E-state index in [2.05, 4.69) is 4.90 Å². The van der Waals surface area contributed by atoms with E-state index in [1.165, 1.54) is 12.1 Å². The first-order valence-corrected chi connectivity index (χ1v) is 11.6. The van der Waals surface area contributed by atoms with E-state index in [-0.39, 0.29) is 11.9 Å². The molecule has 4 rings (SSSR count). The zero-order valence-corrected chi connectivity index (χ0v) is 19.3. The Hall–Kier alpha value is -2.74. The second-order valence-corrected chi connectivity index (χ2v) is 8.56. The van der Waals surface area contributed by atoms with Crippen molar-refractivity contribution in [3.8, 4) is 17.3 Å². The Morgan fingerprint density at radius 2 is 1.97 bits per heavy atom. The first-order chi connectivity index (χ1) is 16.0. The Morgan fingerprint density at radius 3 is 2.64 bits per heavy atom. The lowest BCUT2D eigenvalue weighted by Gasteiger charge is -2.27. The summed E-state index contributed by atoms with van der Waals surface area (Å²) in [5.74, 6) is 0.814. The number of hydrogen-bond donors (Lipinski definition) is 1. The zero-order valence-electron chi connectivity index (χ0n) is 19.3. The van der Waals surface area contributed by atoms with Crippen LogP contribution in [0.1, 0.15) is 37.4 Å². The van der Waals surface area contributed by atoms with Gasteiger partial charge in [-0.25, -0.2) is 9.07 Å². The molecule has 1 N–H and O–H groups in total. The smallest absolute Gasteiger partial charge is 0.227 e. The molecular formula is C26H32FN3O3. The van der Waals surface area contributed by atoms with Crippen molar-refractivity contribution in [3.05, 3.63) is 71.7 Å². The minimum Gasteiger partial charge on any atom is -0.439 e. The number of hydrogen-bond acceptors (Lipinski definition) is 5. The van der Waals surface area contributed by atoms with Crippen molar-refractivity contribution in [3.63, 3.8) is 0 Å². The van der Waals surface area contributed by atoms with Crippen LogP contribution in [0.5, 0.6) is 11.6 Å². The van der Waals surface area contributed by atoms with Gasteiger partial charge in [0.2, 0.25) is 5.88 Å². The van der Waals surface area contributed by atoms with Gasteiger partial charge in [-0.3, -0.25) is 4.90 Å². The number of aliphatic hydroxyl groups excluding tert-OH is 1. The number of aryl methyl sites for hydroxylation is 1. The van der Waals surface area contributed by atoms with Gasteiger partial charge in [-0.15, -0.1) is 0 Å². The zero-order chi connectivity index (χ0) is 23.2. The van der Waals surface area contributed by atoms with Gasteiger partial charge < -0.3 is 14.6 Å². The average molecular weight is 454 g/mol. The summed E-state index contributed by atoms with van der Waals surface area (Å²) >= 11 is 0. The monoisotopic (exact) mass is 453 g/mol. The summed E-state index contributed by atoms with van der Waals surface area (Å²) < 4.78 is 27.4. The summed E-state index contributed by atoms with van der Waals surface area (Å²) in [6.45, 7) is 6.58. The van der Waals surface area contributed by atoms with Crippen LogP contribution < -0.4 is 4.74 Å². The highest BCUT2D eigenvalue weighted by atomic mass is 19.1. The van der Waals surface area contributed by atoms with Crippen LogP contribution in [0, 0.1) is 12.7 Å². The van der Waals surface area contributed by atoms with E-state index < -0.39 is 6.10 Å². The highest BCUT2D eigenvalue weighted by Crippen LogP contribution is 2.32. The molecule has 6 nitrogen and oxygen atoms in total. The summed E-state index contributed by atoms with van der Waals surface area (Å²) in [5, 5.41) is 15.2. The number of nitrogens with zero attached hydrogens (tertiary/aromatic N) is 3. The molecule has 1 fully saturated rings. The van der Waals surface area contributed by atoms with Crippen molar-refractivity contribution < 1.29 is 19.0 Å². The predicted octanol–water partition coefficient (Wildman–Crippen LogP) is 4.86. The Kier molecular flexibility index (Phi) is 7.75. The van der Waals surface area contributed by atoms with E-state index in [0.717, 1.165) is 42.9 Å². The first-order valence-electron chi connectivity index (χ1n) is 11.6. The van der Waals surface area contributed by atoms with Crippen molar-refractivity contribution in [2.75, 3.05) is 19.7 Å². The molecule has 1 aliphatic rings. The van der Waals surface area contributed by atoms with Crippen molar-refractivity contribution >= 4 is 0 Å². The molecule has 0 amide bonds. The molecule has 0 saturated carbocycles. The summed E-state index contributed by atoms with van der Waals surface area (Å²) in [6.07, 6.45) is 2.53. The molecule has 3 aromatic rings. The van der Waals surface area contributed by atoms with Gasteiger partial charge in [0.25, 0.3) is 0 Å². The molecule has 0 spiro atoms. The molecule has 7 heteroatoms. The molecule has 1 aliphatic heterocycles. The van der Waals surface area contributed by atoms with E-state index in [4.69, 9.17) is 14.6 Å². The maximum atomic E-state index is 13.5. The fourth-order valence-corrected chi connectivity index (χ4v) is 4.11. The SMILES string of the molecule is CC[C@H](O)CN(Cc1c(C)nn(-c2ccccc2)c1Oc1ccc(F)cc1)C[C@H]1CCCO1. The highest BCUT2D eigenvalue weighted by molar-refractivity contribution is 5.43. The van der Waals surface area contributed by atoms with Crippen LogP contribution in [0.4, 0.5) is 4.39 Å². The van der Waals surface area contributed by atoms with Crippen molar-refractivity contribution in [1.29, 1.82) is 0 Å². The van der Waals surface area contributed by atoms with E-state index in [0.29, 0.717) is 31.1 Å². The summed E-state index contributed by atoms with van der Waals surface area (Å²) in [5.41, 5.74) is 2.66. The van der Waals surface area contributed by atoms with Crippen molar-refractivity contribution in [1.82, 2.24) is 14.7 Å². The Morgan fingerprint density at radius 1 is 1.21 bits per heavy atom.